The van der Waals surface area contributed by atoms with Gasteiger partial charge in [0.15, 0.2) is 0 Å². The normalized spacial score (nSPS) is 16.1. The third-order valence-electron chi connectivity index (χ3n) is 2.24. The maximum Gasteiger partial charge on any atom is 0.313 e. The molecule has 0 aliphatic carbocycles. The molecule has 0 aliphatic heterocycles. The molecule has 0 fully saturated rings. The van der Waals surface area contributed by atoms with Crippen LogP contribution >= 0.6 is 7.37 Å². The Kier molecular flexibility index (Phi) is 4.87. The van der Waals surface area contributed by atoms with Crippen LogP contribution in [0.3, 0.4) is 0 Å². The number of nitrogens with two attached hydrogens (primary N) is 1. The number of carboxylic acids is 1. The minimum atomic E-state index is -3.67. The van der Waals surface area contributed by atoms with Gasteiger partial charge in [0.25, 0.3) is 0 Å². The van der Waals surface area contributed by atoms with Gasteiger partial charge in [-0.3, -0.25) is 9.36 Å². The average Bonchev–Trinajstić information content (AvgIpc) is 2.15. The van der Waals surface area contributed by atoms with Crippen LogP contribution in [0.25, 0.3) is 0 Å². The highest BCUT2D eigenvalue weighted by Crippen LogP contribution is 2.40. The van der Waals surface area contributed by atoms with Crippen molar-refractivity contribution in [3.05, 3.63) is 35.9 Å². The van der Waals surface area contributed by atoms with Crippen LogP contribution in [0, 0.1) is 0 Å². The topological polar surface area (TPSA) is 101 Å². The summed E-state index contributed by atoms with van der Waals surface area (Å²) < 4.78 is 11.5. The number of benzene rings is 1. The van der Waals surface area contributed by atoms with E-state index in [1.807, 2.05) is 30.3 Å². The van der Waals surface area contributed by atoms with Gasteiger partial charge in [-0.15, -0.1) is 0 Å². The van der Waals surface area contributed by atoms with Gasteiger partial charge in [0.2, 0.25) is 7.37 Å². The first-order valence-corrected chi connectivity index (χ1v) is 7.24. The van der Waals surface area contributed by atoms with Gasteiger partial charge < -0.3 is 15.7 Å². The van der Waals surface area contributed by atoms with E-state index in [9.17, 15) is 14.3 Å². The molecule has 0 amide bonds. The molecule has 2 atom stereocenters. The van der Waals surface area contributed by atoms with Crippen molar-refractivity contribution in [1.29, 1.82) is 0 Å². The van der Waals surface area contributed by atoms with Crippen molar-refractivity contribution < 1.29 is 19.4 Å². The molecule has 0 radical (unpaired) electrons. The molecule has 0 aromatic heterocycles. The highest BCUT2D eigenvalue weighted by atomic mass is 31.2. The number of rotatable bonds is 6. The maximum atomic E-state index is 11.5. The highest BCUT2D eigenvalue weighted by molar-refractivity contribution is 7.59. The Morgan fingerprint density at radius 1 is 1.35 bits per heavy atom. The molecular formula is C11H16NO4P. The van der Waals surface area contributed by atoms with Gasteiger partial charge in [0.1, 0.15) is 6.16 Å². The van der Waals surface area contributed by atoms with E-state index in [2.05, 4.69) is 0 Å². The zero-order valence-electron chi connectivity index (χ0n) is 9.32. The summed E-state index contributed by atoms with van der Waals surface area (Å²) >= 11 is 0. The van der Waals surface area contributed by atoms with Crippen molar-refractivity contribution >= 4 is 13.3 Å². The highest BCUT2D eigenvalue weighted by Gasteiger charge is 2.25. The molecule has 1 aromatic carbocycles. The summed E-state index contributed by atoms with van der Waals surface area (Å²) in [6.07, 6.45) is -0.436. The van der Waals surface area contributed by atoms with Crippen molar-refractivity contribution in [1.82, 2.24) is 0 Å². The van der Waals surface area contributed by atoms with E-state index in [4.69, 9.17) is 10.8 Å². The standard InChI is InChI=1S/C11H16NO4P/c12-10(6-9-4-2-1-3-5-9)7-17(15,16)8-11(13)14/h1-5,10H,6-8,12H2,(H,13,14)(H,15,16)/t10-/m0/s1. The summed E-state index contributed by atoms with van der Waals surface area (Å²) in [5, 5.41) is 8.48. The first-order valence-electron chi connectivity index (χ1n) is 5.21. The van der Waals surface area contributed by atoms with Gasteiger partial charge in [0.05, 0.1) is 0 Å². The van der Waals surface area contributed by atoms with E-state index >= 15 is 0 Å². The van der Waals surface area contributed by atoms with E-state index in [1.165, 1.54) is 0 Å². The van der Waals surface area contributed by atoms with E-state index < -0.39 is 25.5 Å². The molecule has 6 heteroatoms. The van der Waals surface area contributed by atoms with E-state index in [0.717, 1.165) is 5.56 Å². The van der Waals surface area contributed by atoms with Crippen LogP contribution in [0.15, 0.2) is 30.3 Å². The van der Waals surface area contributed by atoms with Crippen LogP contribution < -0.4 is 5.73 Å². The molecule has 0 saturated heterocycles. The molecule has 4 N–H and O–H groups in total. The Morgan fingerprint density at radius 3 is 2.47 bits per heavy atom. The van der Waals surface area contributed by atoms with Crippen molar-refractivity contribution in [3.8, 4) is 0 Å². The van der Waals surface area contributed by atoms with Gasteiger partial charge >= 0.3 is 5.97 Å². The maximum absolute atomic E-state index is 11.5. The lowest BCUT2D eigenvalue weighted by Gasteiger charge is -2.15. The molecular weight excluding hydrogens is 241 g/mol. The molecule has 1 rings (SSSR count). The molecule has 17 heavy (non-hydrogen) atoms. The lowest BCUT2D eigenvalue weighted by atomic mass is 10.1. The van der Waals surface area contributed by atoms with Gasteiger partial charge in [0, 0.05) is 12.2 Å². The number of carbonyl (C=O) groups is 1. The quantitative estimate of drug-likeness (QED) is 0.658. The fraction of sp³-hybridized carbons (Fsp3) is 0.364. The largest absolute Gasteiger partial charge is 0.481 e. The van der Waals surface area contributed by atoms with Gasteiger partial charge in [-0.1, -0.05) is 30.3 Å². The second kappa shape index (κ2) is 5.96. The van der Waals surface area contributed by atoms with Crippen LogP contribution in [-0.2, 0) is 15.8 Å². The molecule has 1 aromatic rings. The smallest absolute Gasteiger partial charge is 0.313 e. The van der Waals surface area contributed by atoms with Gasteiger partial charge in [-0.05, 0) is 12.0 Å². The summed E-state index contributed by atoms with van der Waals surface area (Å²) in [6, 6.07) is 8.83. The Morgan fingerprint density at radius 2 is 1.94 bits per heavy atom. The average molecular weight is 257 g/mol. The predicted molar refractivity (Wildman–Crippen MR) is 65.3 cm³/mol. The van der Waals surface area contributed by atoms with Crippen molar-refractivity contribution in [2.75, 3.05) is 12.3 Å². The van der Waals surface area contributed by atoms with Crippen molar-refractivity contribution in [2.24, 2.45) is 5.73 Å². The second-order valence-corrected chi connectivity index (χ2v) is 6.40. The molecule has 0 aliphatic rings. The fourth-order valence-corrected chi connectivity index (χ4v) is 3.04. The molecule has 94 valence electrons. The Bertz CT molecular complexity index is 421. The van der Waals surface area contributed by atoms with E-state index in [0.29, 0.717) is 6.42 Å². The minimum absolute atomic E-state index is 0.172. The van der Waals surface area contributed by atoms with Crippen LogP contribution in [0.1, 0.15) is 5.56 Å². The summed E-state index contributed by atoms with van der Waals surface area (Å²) in [4.78, 5) is 19.8. The number of hydrogen-bond acceptors (Lipinski definition) is 3. The zero-order valence-corrected chi connectivity index (χ0v) is 10.2. The van der Waals surface area contributed by atoms with E-state index in [-0.39, 0.29) is 6.16 Å². The van der Waals surface area contributed by atoms with Gasteiger partial charge in [-0.2, -0.15) is 0 Å². The summed E-state index contributed by atoms with van der Waals surface area (Å²) in [6.45, 7) is 0. The fourth-order valence-electron chi connectivity index (χ4n) is 1.62. The van der Waals surface area contributed by atoms with Crippen LogP contribution in [0.4, 0.5) is 0 Å². The SMILES string of the molecule is N[C@@H](Cc1ccccc1)CP(=O)(O)CC(=O)O. The summed E-state index contributed by atoms with van der Waals surface area (Å²) in [7, 11) is -3.67. The first-order chi connectivity index (χ1) is 7.89. The first kappa shape index (κ1) is 13.9. The lowest BCUT2D eigenvalue weighted by molar-refractivity contribution is -0.134. The number of aliphatic carboxylic acids is 1. The second-order valence-electron chi connectivity index (χ2n) is 4.03. The minimum Gasteiger partial charge on any atom is -0.481 e. The van der Waals surface area contributed by atoms with Crippen LogP contribution in [-0.4, -0.2) is 34.3 Å². The van der Waals surface area contributed by atoms with Crippen molar-refractivity contribution in [3.63, 3.8) is 0 Å². The molecule has 0 bridgehead atoms. The third kappa shape index (κ3) is 5.63. The summed E-state index contributed by atoms with van der Waals surface area (Å²) in [5.74, 6) is -1.28. The Hall–Kier alpha value is -1.16. The Labute approximate surface area is 99.7 Å². The molecule has 0 spiro atoms. The monoisotopic (exact) mass is 257 g/mol. The Balaban J connectivity index is 2.52. The molecule has 0 saturated carbocycles. The zero-order chi connectivity index (χ0) is 12.9. The summed E-state index contributed by atoms with van der Waals surface area (Å²) in [5.41, 5.74) is 6.71. The molecule has 5 nitrogen and oxygen atoms in total. The third-order valence-corrected chi connectivity index (χ3v) is 4.05. The lowest BCUT2D eigenvalue weighted by Crippen LogP contribution is -2.28. The van der Waals surface area contributed by atoms with E-state index in [1.54, 1.807) is 0 Å². The predicted octanol–water partition coefficient (Wildman–Crippen LogP) is 0.911. The van der Waals surface area contributed by atoms with Crippen molar-refractivity contribution in [2.45, 2.75) is 12.5 Å². The van der Waals surface area contributed by atoms with Crippen LogP contribution in [0.2, 0.25) is 0 Å². The molecule has 1 unspecified atom stereocenters. The number of carboxylic acid groups (broad SMARTS) is 1. The van der Waals surface area contributed by atoms with Crippen LogP contribution in [0.5, 0.6) is 0 Å². The number of hydrogen-bond donors (Lipinski definition) is 3. The molecule has 0 heterocycles. The van der Waals surface area contributed by atoms with Gasteiger partial charge in [-0.25, -0.2) is 0 Å².